The molecule has 1 unspecified atom stereocenters. The van der Waals surface area contributed by atoms with Crippen molar-refractivity contribution < 1.29 is 0 Å². The highest BCUT2D eigenvalue weighted by atomic mass is 32.2. The summed E-state index contributed by atoms with van der Waals surface area (Å²) in [5.74, 6) is 0.799. The molecule has 0 saturated heterocycles. The van der Waals surface area contributed by atoms with Gasteiger partial charge in [0.25, 0.3) is 0 Å². The van der Waals surface area contributed by atoms with Crippen molar-refractivity contribution in [1.82, 2.24) is 0 Å². The molecule has 0 rings (SSSR count). The molecule has 0 amide bonds. The summed E-state index contributed by atoms with van der Waals surface area (Å²) in [5.41, 5.74) is 5.63. The van der Waals surface area contributed by atoms with Gasteiger partial charge in [0.05, 0.1) is 12.4 Å². The van der Waals surface area contributed by atoms with Gasteiger partial charge in [-0.25, -0.2) is 0 Å². The maximum absolute atomic E-state index is 5.63. The van der Waals surface area contributed by atoms with Gasteiger partial charge < -0.3 is 5.73 Å². The zero-order valence-electron chi connectivity index (χ0n) is 7.63. The lowest BCUT2D eigenvalue weighted by molar-refractivity contribution is 0.919. The van der Waals surface area contributed by atoms with Gasteiger partial charge in [-0.05, 0) is 12.7 Å². The maximum atomic E-state index is 5.63. The molecule has 0 aliphatic rings. The molecule has 0 heterocycles. The minimum absolute atomic E-state index is 0.588. The predicted molar refractivity (Wildman–Crippen MR) is 54.4 cm³/mol. The SMILES string of the molecule is CCCC(N)=NCC(C)SC. The fraction of sp³-hybridized carbons (Fsp3) is 0.875. The van der Waals surface area contributed by atoms with Crippen LogP contribution in [0, 0.1) is 0 Å². The Balaban J connectivity index is 3.54. The molecule has 2 N–H and O–H groups in total. The summed E-state index contributed by atoms with van der Waals surface area (Å²) in [4.78, 5) is 4.26. The fourth-order valence-electron chi connectivity index (χ4n) is 0.656. The Labute approximate surface area is 73.7 Å². The van der Waals surface area contributed by atoms with Crippen LogP contribution in [0.2, 0.25) is 0 Å². The Hall–Kier alpha value is -0.180. The third-order valence-corrected chi connectivity index (χ3v) is 2.41. The van der Waals surface area contributed by atoms with Crippen molar-refractivity contribution in [1.29, 1.82) is 0 Å². The fourth-order valence-corrected chi connectivity index (χ4v) is 0.879. The summed E-state index contributed by atoms with van der Waals surface area (Å²) in [7, 11) is 0. The van der Waals surface area contributed by atoms with Crippen LogP contribution in [0.4, 0.5) is 0 Å². The van der Waals surface area contributed by atoms with Gasteiger partial charge in [0, 0.05) is 11.7 Å². The van der Waals surface area contributed by atoms with Crippen LogP contribution >= 0.6 is 11.8 Å². The van der Waals surface area contributed by atoms with Gasteiger partial charge in [-0.2, -0.15) is 11.8 Å². The first-order chi connectivity index (χ1) is 5.20. The number of amidine groups is 1. The first-order valence-electron chi connectivity index (χ1n) is 4.02. The molecule has 0 spiro atoms. The Morgan fingerprint density at radius 1 is 1.64 bits per heavy atom. The first-order valence-corrected chi connectivity index (χ1v) is 5.31. The molecule has 0 bridgehead atoms. The summed E-state index contributed by atoms with van der Waals surface area (Å²) >= 11 is 1.82. The monoisotopic (exact) mass is 174 g/mol. The van der Waals surface area contributed by atoms with Crippen LogP contribution in [0.1, 0.15) is 26.7 Å². The number of rotatable bonds is 5. The van der Waals surface area contributed by atoms with E-state index in [2.05, 4.69) is 25.1 Å². The molecular formula is C8H18N2S. The van der Waals surface area contributed by atoms with E-state index in [9.17, 15) is 0 Å². The lowest BCUT2D eigenvalue weighted by atomic mass is 10.3. The number of thioether (sulfide) groups is 1. The van der Waals surface area contributed by atoms with E-state index in [0.29, 0.717) is 5.25 Å². The van der Waals surface area contributed by atoms with Gasteiger partial charge in [0.2, 0.25) is 0 Å². The lowest BCUT2D eigenvalue weighted by Gasteiger charge is -2.04. The molecule has 0 aliphatic carbocycles. The van der Waals surface area contributed by atoms with E-state index < -0.39 is 0 Å². The molecule has 0 aromatic heterocycles. The van der Waals surface area contributed by atoms with Crippen molar-refractivity contribution in [2.75, 3.05) is 12.8 Å². The van der Waals surface area contributed by atoms with Crippen LogP contribution in [0.5, 0.6) is 0 Å². The molecule has 2 nitrogen and oxygen atoms in total. The maximum Gasteiger partial charge on any atom is 0.0937 e. The van der Waals surface area contributed by atoms with Gasteiger partial charge in [0.1, 0.15) is 0 Å². The quantitative estimate of drug-likeness (QED) is 0.510. The third kappa shape index (κ3) is 6.23. The van der Waals surface area contributed by atoms with Gasteiger partial charge in [-0.3, -0.25) is 4.99 Å². The van der Waals surface area contributed by atoms with Crippen LogP contribution in [0.3, 0.4) is 0 Å². The highest BCUT2D eigenvalue weighted by molar-refractivity contribution is 7.99. The molecular weight excluding hydrogens is 156 g/mol. The number of nitrogens with two attached hydrogens (primary N) is 1. The molecule has 3 heteroatoms. The second-order valence-corrected chi connectivity index (χ2v) is 3.90. The highest BCUT2D eigenvalue weighted by Gasteiger charge is 1.96. The van der Waals surface area contributed by atoms with Crippen LogP contribution in [-0.4, -0.2) is 23.9 Å². The van der Waals surface area contributed by atoms with Gasteiger partial charge in [-0.15, -0.1) is 0 Å². The van der Waals surface area contributed by atoms with Crippen molar-refractivity contribution in [3.63, 3.8) is 0 Å². The number of nitrogens with zero attached hydrogens (tertiary/aromatic N) is 1. The minimum atomic E-state index is 0.588. The average molecular weight is 174 g/mol. The van der Waals surface area contributed by atoms with E-state index in [-0.39, 0.29) is 0 Å². The largest absolute Gasteiger partial charge is 0.387 e. The van der Waals surface area contributed by atoms with E-state index in [1.54, 1.807) is 0 Å². The van der Waals surface area contributed by atoms with Crippen molar-refractivity contribution in [2.45, 2.75) is 31.9 Å². The van der Waals surface area contributed by atoms with E-state index in [4.69, 9.17) is 5.73 Å². The van der Waals surface area contributed by atoms with Crippen LogP contribution in [0.15, 0.2) is 4.99 Å². The highest BCUT2D eigenvalue weighted by Crippen LogP contribution is 2.04. The molecule has 0 fully saturated rings. The van der Waals surface area contributed by atoms with Gasteiger partial charge in [0.15, 0.2) is 0 Å². The molecule has 11 heavy (non-hydrogen) atoms. The zero-order chi connectivity index (χ0) is 8.69. The van der Waals surface area contributed by atoms with Crippen LogP contribution < -0.4 is 5.73 Å². The summed E-state index contributed by atoms with van der Waals surface area (Å²) in [6.45, 7) is 5.13. The van der Waals surface area contributed by atoms with Crippen molar-refractivity contribution in [3.05, 3.63) is 0 Å². The van der Waals surface area contributed by atoms with Gasteiger partial charge in [-0.1, -0.05) is 13.8 Å². The van der Waals surface area contributed by atoms with E-state index in [1.807, 2.05) is 11.8 Å². The van der Waals surface area contributed by atoms with Crippen molar-refractivity contribution >= 4 is 17.6 Å². The van der Waals surface area contributed by atoms with Crippen LogP contribution in [0.25, 0.3) is 0 Å². The molecule has 0 aromatic rings. The first kappa shape index (κ1) is 10.8. The molecule has 66 valence electrons. The van der Waals surface area contributed by atoms with Crippen molar-refractivity contribution in [3.8, 4) is 0 Å². The predicted octanol–water partition coefficient (Wildman–Crippen LogP) is 1.90. The van der Waals surface area contributed by atoms with Crippen molar-refractivity contribution in [2.24, 2.45) is 10.7 Å². The Bertz CT molecular complexity index is 123. The Morgan fingerprint density at radius 3 is 2.73 bits per heavy atom. The normalized spacial score (nSPS) is 15.0. The van der Waals surface area contributed by atoms with Gasteiger partial charge >= 0.3 is 0 Å². The second-order valence-electron chi connectivity index (χ2n) is 2.63. The summed E-state index contributed by atoms with van der Waals surface area (Å²) in [6.07, 6.45) is 4.11. The van der Waals surface area contributed by atoms with E-state index in [0.717, 1.165) is 25.2 Å². The second kappa shape index (κ2) is 6.53. The number of hydrogen-bond donors (Lipinski definition) is 1. The standard InChI is InChI=1S/C8H18N2S/c1-4-5-8(9)10-6-7(2)11-3/h7H,4-6H2,1-3H3,(H2,9,10). The molecule has 0 aromatic carbocycles. The summed E-state index contributed by atoms with van der Waals surface area (Å²) in [5, 5.41) is 0.588. The third-order valence-electron chi connectivity index (χ3n) is 1.46. The topological polar surface area (TPSA) is 38.4 Å². The molecule has 0 saturated carbocycles. The average Bonchev–Trinajstić information content (AvgIpc) is 2.01. The number of aliphatic imine (C=N–C) groups is 1. The zero-order valence-corrected chi connectivity index (χ0v) is 8.45. The minimum Gasteiger partial charge on any atom is -0.387 e. The smallest absolute Gasteiger partial charge is 0.0937 e. The number of hydrogen-bond acceptors (Lipinski definition) is 2. The van der Waals surface area contributed by atoms with E-state index in [1.165, 1.54) is 0 Å². The van der Waals surface area contributed by atoms with Crippen LogP contribution in [-0.2, 0) is 0 Å². The Morgan fingerprint density at radius 2 is 2.27 bits per heavy atom. The summed E-state index contributed by atoms with van der Waals surface area (Å²) in [6, 6.07) is 0. The lowest BCUT2D eigenvalue weighted by Crippen LogP contribution is -2.13. The molecule has 0 aliphatic heterocycles. The Kier molecular flexibility index (Phi) is 6.42. The molecule has 0 radical (unpaired) electrons. The van der Waals surface area contributed by atoms with E-state index >= 15 is 0 Å². The summed E-state index contributed by atoms with van der Waals surface area (Å²) < 4.78 is 0. The molecule has 1 atom stereocenters.